The molecule has 0 fully saturated rings. The van der Waals surface area contributed by atoms with Crippen molar-refractivity contribution in [2.45, 2.75) is 25.2 Å². The van der Waals surface area contributed by atoms with Crippen LogP contribution in [0.25, 0.3) is 0 Å². The van der Waals surface area contributed by atoms with Crippen LogP contribution in [-0.4, -0.2) is 0 Å². The summed E-state index contributed by atoms with van der Waals surface area (Å²) in [5, 5.41) is 0. The van der Waals surface area contributed by atoms with Crippen molar-refractivity contribution in [1.29, 1.82) is 0 Å². The summed E-state index contributed by atoms with van der Waals surface area (Å²) >= 11 is 0. The average Bonchev–Trinajstić information content (AvgIpc) is 2.47. The Hall–Kier alpha value is -1.72. The summed E-state index contributed by atoms with van der Waals surface area (Å²) in [4.78, 5) is 0. The molecule has 0 saturated heterocycles. The van der Waals surface area contributed by atoms with Gasteiger partial charge in [0.25, 0.3) is 0 Å². The molecule has 120 valence electrons. The van der Waals surface area contributed by atoms with E-state index < -0.39 is 17.5 Å². The lowest BCUT2D eigenvalue weighted by molar-refractivity contribution is -0.137. The standard InChI is InChI=1S/C16H16F3NO.ClH/c1-2-15(20,12-6-4-3-5-7-12)21-14-10-8-13(9-11-14)16(17,18)19;/h3-11H,2,20H2,1H3;1H. The molecule has 1 atom stereocenters. The van der Waals surface area contributed by atoms with Gasteiger partial charge in [-0.15, -0.1) is 12.4 Å². The van der Waals surface area contributed by atoms with E-state index in [0.29, 0.717) is 12.2 Å². The average molecular weight is 332 g/mol. The van der Waals surface area contributed by atoms with Crippen molar-refractivity contribution in [3.63, 3.8) is 0 Å². The second kappa shape index (κ2) is 7.03. The second-order valence-electron chi connectivity index (χ2n) is 4.73. The SMILES string of the molecule is CCC(N)(Oc1ccc(C(F)(F)F)cc1)c1ccccc1.Cl. The molecule has 0 heterocycles. The summed E-state index contributed by atoms with van der Waals surface area (Å²) in [6, 6.07) is 13.7. The molecule has 6 heteroatoms. The van der Waals surface area contributed by atoms with Crippen LogP contribution in [0.2, 0.25) is 0 Å². The van der Waals surface area contributed by atoms with Crippen LogP contribution in [0.3, 0.4) is 0 Å². The first-order valence-electron chi connectivity index (χ1n) is 6.56. The quantitative estimate of drug-likeness (QED) is 0.822. The highest BCUT2D eigenvalue weighted by Crippen LogP contribution is 2.32. The molecule has 2 aromatic rings. The van der Waals surface area contributed by atoms with Gasteiger partial charge in [-0.1, -0.05) is 37.3 Å². The minimum Gasteiger partial charge on any atom is -0.469 e. The Labute approximate surface area is 133 Å². The van der Waals surface area contributed by atoms with E-state index >= 15 is 0 Å². The van der Waals surface area contributed by atoms with Crippen molar-refractivity contribution in [3.8, 4) is 5.75 Å². The molecule has 0 amide bonds. The normalized spacial score (nSPS) is 13.9. The fourth-order valence-electron chi connectivity index (χ4n) is 1.98. The molecule has 1 unspecified atom stereocenters. The van der Waals surface area contributed by atoms with Gasteiger partial charge in [0.05, 0.1) is 5.56 Å². The minimum atomic E-state index is -4.36. The van der Waals surface area contributed by atoms with Crippen molar-refractivity contribution in [3.05, 3.63) is 65.7 Å². The summed E-state index contributed by atoms with van der Waals surface area (Å²) in [5.41, 5.74) is 5.22. The maximum absolute atomic E-state index is 12.5. The van der Waals surface area contributed by atoms with Crippen molar-refractivity contribution in [2.24, 2.45) is 5.73 Å². The van der Waals surface area contributed by atoms with Crippen molar-refractivity contribution >= 4 is 12.4 Å². The van der Waals surface area contributed by atoms with E-state index in [9.17, 15) is 13.2 Å². The van der Waals surface area contributed by atoms with Crippen molar-refractivity contribution in [2.75, 3.05) is 0 Å². The van der Waals surface area contributed by atoms with E-state index in [0.717, 1.165) is 17.7 Å². The molecule has 2 aromatic carbocycles. The van der Waals surface area contributed by atoms with Crippen LogP contribution in [0.1, 0.15) is 24.5 Å². The van der Waals surface area contributed by atoms with Crippen LogP contribution in [-0.2, 0) is 11.9 Å². The van der Waals surface area contributed by atoms with Crippen LogP contribution >= 0.6 is 12.4 Å². The molecule has 0 spiro atoms. The van der Waals surface area contributed by atoms with Gasteiger partial charge < -0.3 is 4.74 Å². The van der Waals surface area contributed by atoms with E-state index in [4.69, 9.17) is 10.5 Å². The molecular formula is C16H17ClF3NO. The maximum atomic E-state index is 12.5. The zero-order valence-corrected chi connectivity index (χ0v) is 12.7. The van der Waals surface area contributed by atoms with E-state index in [2.05, 4.69) is 0 Å². The third-order valence-corrected chi connectivity index (χ3v) is 3.27. The number of ether oxygens (including phenoxy) is 1. The summed E-state index contributed by atoms with van der Waals surface area (Å²) in [5.74, 6) is 0.302. The molecule has 2 rings (SSSR count). The molecule has 2 nitrogen and oxygen atoms in total. The molecule has 0 radical (unpaired) electrons. The van der Waals surface area contributed by atoms with Gasteiger partial charge in [0.15, 0.2) is 5.72 Å². The van der Waals surface area contributed by atoms with Crippen molar-refractivity contribution in [1.82, 2.24) is 0 Å². The van der Waals surface area contributed by atoms with Crippen LogP contribution in [0.5, 0.6) is 5.75 Å². The van der Waals surface area contributed by atoms with Gasteiger partial charge in [-0.05, 0) is 24.3 Å². The summed E-state index contributed by atoms with van der Waals surface area (Å²) in [6.45, 7) is 1.86. The van der Waals surface area contributed by atoms with Gasteiger partial charge in [0, 0.05) is 12.0 Å². The molecule has 0 aliphatic rings. The third kappa shape index (κ3) is 4.15. The summed E-state index contributed by atoms with van der Waals surface area (Å²) < 4.78 is 43.3. The van der Waals surface area contributed by atoms with Gasteiger partial charge in [-0.3, -0.25) is 5.73 Å². The fraction of sp³-hybridized carbons (Fsp3) is 0.250. The van der Waals surface area contributed by atoms with E-state index in [1.165, 1.54) is 12.1 Å². The summed E-state index contributed by atoms with van der Waals surface area (Å²) in [6.07, 6.45) is -3.87. The first-order valence-corrected chi connectivity index (χ1v) is 6.56. The topological polar surface area (TPSA) is 35.2 Å². The Morgan fingerprint density at radius 1 is 0.909 bits per heavy atom. The van der Waals surface area contributed by atoms with Crippen LogP contribution in [0.15, 0.2) is 54.6 Å². The number of halogens is 4. The molecule has 0 aliphatic carbocycles. The zero-order valence-electron chi connectivity index (χ0n) is 11.9. The molecule has 0 aliphatic heterocycles. The smallest absolute Gasteiger partial charge is 0.416 e. The summed E-state index contributed by atoms with van der Waals surface area (Å²) in [7, 11) is 0. The first kappa shape index (κ1) is 18.3. The number of hydrogen-bond donors (Lipinski definition) is 1. The Morgan fingerprint density at radius 2 is 1.45 bits per heavy atom. The van der Waals surface area contributed by atoms with Crippen molar-refractivity contribution < 1.29 is 17.9 Å². The molecule has 0 aromatic heterocycles. The molecule has 2 N–H and O–H groups in total. The number of benzene rings is 2. The predicted octanol–water partition coefficient (Wildman–Crippen LogP) is 4.73. The highest BCUT2D eigenvalue weighted by molar-refractivity contribution is 5.85. The lowest BCUT2D eigenvalue weighted by Crippen LogP contribution is -2.42. The Morgan fingerprint density at radius 3 is 1.91 bits per heavy atom. The molecule has 0 bridgehead atoms. The predicted molar refractivity (Wildman–Crippen MR) is 81.9 cm³/mol. The maximum Gasteiger partial charge on any atom is 0.416 e. The van der Waals surface area contributed by atoms with Crippen LogP contribution in [0.4, 0.5) is 13.2 Å². The molecular weight excluding hydrogens is 315 g/mol. The fourth-order valence-corrected chi connectivity index (χ4v) is 1.98. The number of nitrogens with two attached hydrogens (primary N) is 1. The monoisotopic (exact) mass is 331 g/mol. The van der Waals surface area contributed by atoms with Crippen LogP contribution in [0, 0.1) is 0 Å². The van der Waals surface area contributed by atoms with Gasteiger partial charge >= 0.3 is 6.18 Å². The Kier molecular flexibility index (Phi) is 5.85. The lowest BCUT2D eigenvalue weighted by atomic mass is 10.0. The molecule has 22 heavy (non-hydrogen) atoms. The van der Waals surface area contributed by atoms with Gasteiger partial charge in [-0.2, -0.15) is 13.2 Å². The minimum absolute atomic E-state index is 0. The van der Waals surface area contributed by atoms with E-state index in [1.54, 1.807) is 0 Å². The molecule has 0 saturated carbocycles. The Balaban J connectivity index is 0.00000242. The second-order valence-corrected chi connectivity index (χ2v) is 4.73. The Bertz CT molecular complexity index is 587. The zero-order chi connectivity index (χ0) is 15.5. The highest BCUT2D eigenvalue weighted by atomic mass is 35.5. The van der Waals surface area contributed by atoms with Gasteiger partial charge in [0.1, 0.15) is 5.75 Å². The number of alkyl halides is 3. The third-order valence-electron chi connectivity index (χ3n) is 3.27. The lowest BCUT2D eigenvalue weighted by Gasteiger charge is -2.30. The van der Waals surface area contributed by atoms with E-state index in [1.807, 2.05) is 37.3 Å². The first-order chi connectivity index (χ1) is 9.85. The van der Waals surface area contributed by atoms with E-state index in [-0.39, 0.29) is 12.4 Å². The number of hydrogen-bond acceptors (Lipinski definition) is 2. The highest BCUT2D eigenvalue weighted by Gasteiger charge is 2.31. The van der Waals surface area contributed by atoms with Crippen LogP contribution < -0.4 is 10.5 Å². The van der Waals surface area contributed by atoms with Gasteiger partial charge in [0.2, 0.25) is 0 Å². The van der Waals surface area contributed by atoms with Gasteiger partial charge in [-0.25, -0.2) is 0 Å². The number of rotatable bonds is 4. The largest absolute Gasteiger partial charge is 0.469 e.